The fourth-order valence-electron chi connectivity index (χ4n) is 3.21. The Bertz CT molecular complexity index is 941. The molecule has 0 saturated carbocycles. The van der Waals surface area contributed by atoms with Gasteiger partial charge in [-0.15, -0.1) is 16.4 Å². The van der Waals surface area contributed by atoms with Crippen molar-refractivity contribution >= 4 is 17.4 Å². The van der Waals surface area contributed by atoms with Crippen LogP contribution < -0.4 is 5.69 Å². The summed E-state index contributed by atoms with van der Waals surface area (Å²) in [6.45, 7) is 1.36. The summed E-state index contributed by atoms with van der Waals surface area (Å²) in [5.41, 5.74) is 0.758. The van der Waals surface area contributed by atoms with Gasteiger partial charge in [-0.05, 0) is 29.9 Å². The highest BCUT2D eigenvalue weighted by atomic mass is 32.1. The van der Waals surface area contributed by atoms with Crippen LogP contribution in [0.5, 0.6) is 0 Å². The first-order valence-electron chi connectivity index (χ1n) is 8.89. The van der Waals surface area contributed by atoms with Crippen LogP contribution in [-0.4, -0.2) is 38.8 Å². The number of nitrogens with zero attached hydrogens (tertiary/aromatic N) is 3. The van der Waals surface area contributed by atoms with E-state index in [1.165, 1.54) is 16.0 Å². The molecule has 1 fully saturated rings. The van der Waals surface area contributed by atoms with Gasteiger partial charge in [0.1, 0.15) is 6.61 Å². The van der Waals surface area contributed by atoms with E-state index >= 15 is 0 Å². The van der Waals surface area contributed by atoms with Gasteiger partial charge in [0.25, 0.3) is 0 Å². The third-order valence-corrected chi connectivity index (χ3v) is 5.55. The van der Waals surface area contributed by atoms with E-state index in [0.29, 0.717) is 31.8 Å². The van der Waals surface area contributed by atoms with E-state index in [-0.39, 0.29) is 24.4 Å². The molecule has 1 aliphatic heterocycles. The zero-order valence-corrected chi connectivity index (χ0v) is 15.5. The predicted molar refractivity (Wildman–Crippen MR) is 103 cm³/mol. The van der Waals surface area contributed by atoms with E-state index in [2.05, 4.69) is 10.1 Å². The molecule has 8 heteroatoms. The van der Waals surface area contributed by atoms with Crippen LogP contribution in [0.25, 0.3) is 10.7 Å². The quantitative estimate of drug-likeness (QED) is 0.749. The molecule has 1 aliphatic rings. The molecule has 0 radical (unpaired) electrons. The van der Waals surface area contributed by atoms with Crippen molar-refractivity contribution in [1.29, 1.82) is 0 Å². The van der Waals surface area contributed by atoms with E-state index in [0.717, 1.165) is 10.4 Å². The fraction of sp³-hybridized carbons (Fsp3) is 0.316. The number of piperidine rings is 1. The lowest BCUT2D eigenvalue weighted by Crippen LogP contribution is -2.41. The van der Waals surface area contributed by atoms with Crippen LogP contribution in [-0.2, 0) is 11.3 Å². The topological polar surface area (TPSA) is 80.2 Å². The molecule has 0 atom stereocenters. The van der Waals surface area contributed by atoms with Crippen LogP contribution in [0.4, 0.5) is 4.79 Å². The van der Waals surface area contributed by atoms with E-state index in [4.69, 9.17) is 4.74 Å². The number of aromatic nitrogens is 3. The molecule has 27 heavy (non-hydrogen) atoms. The number of likely N-dealkylation sites (tertiary alicyclic amines) is 1. The fourth-order valence-corrected chi connectivity index (χ4v) is 3.88. The number of aromatic amines is 1. The second-order valence-corrected chi connectivity index (χ2v) is 7.41. The molecule has 0 spiro atoms. The van der Waals surface area contributed by atoms with Gasteiger partial charge < -0.3 is 9.64 Å². The summed E-state index contributed by atoms with van der Waals surface area (Å²) in [6.07, 6.45) is 1.04. The Morgan fingerprint density at radius 1 is 1.19 bits per heavy atom. The normalized spacial score (nSPS) is 15.0. The molecule has 0 unspecified atom stereocenters. The summed E-state index contributed by atoms with van der Waals surface area (Å²) in [4.78, 5) is 30.0. The molecule has 3 aromatic rings. The number of benzene rings is 1. The molecule has 7 nitrogen and oxygen atoms in total. The minimum Gasteiger partial charge on any atom is -0.445 e. The SMILES string of the molecule is O=C(OCc1ccccc1)N1CCC(n2nc(-c3cccs3)[nH]c2=O)CC1. The number of ether oxygens (including phenoxy) is 1. The van der Waals surface area contributed by atoms with E-state index in [1.54, 1.807) is 4.90 Å². The molecule has 4 rings (SSSR count). The predicted octanol–water partition coefficient (Wildman–Crippen LogP) is 3.27. The van der Waals surface area contributed by atoms with E-state index in [9.17, 15) is 9.59 Å². The Hall–Kier alpha value is -2.87. The molecular formula is C19H20N4O3S. The zero-order valence-electron chi connectivity index (χ0n) is 14.7. The zero-order chi connectivity index (χ0) is 18.6. The number of carbonyl (C=O) groups is 1. The van der Waals surface area contributed by atoms with Gasteiger partial charge >= 0.3 is 11.8 Å². The van der Waals surface area contributed by atoms with Gasteiger partial charge in [0, 0.05) is 13.1 Å². The minimum absolute atomic E-state index is 0.0133. The minimum atomic E-state index is -0.314. The summed E-state index contributed by atoms with van der Waals surface area (Å²) in [6, 6.07) is 13.5. The Kier molecular flexibility index (Phi) is 5.06. The van der Waals surface area contributed by atoms with Crippen molar-refractivity contribution in [2.24, 2.45) is 0 Å². The van der Waals surface area contributed by atoms with Crippen molar-refractivity contribution in [3.05, 3.63) is 63.9 Å². The Balaban J connectivity index is 1.34. The van der Waals surface area contributed by atoms with Crippen LogP contribution in [0.2, 0.25) is 0 Å². The Morgan fingerprint density at radius 2 is 1.96 bits per heavy atom. The van der Waals surface area contributed by atoms with Gasteiger partial charge in [0.15, 0.2) is 5.82 Å². The average molecular weight is 384 g/mol. The Labute approximate surface area is 160 Å². The number of thiophene rings is 1. The second kappa shape index (κ2) is 7.79. The lowest BCUT2D eigenvalue weighted by Gasteiger charge is -2.30. The molecule has 1 amide bonds. The standard InChI is InChI=1S/C19H20N4O3S/c24-18-20-17(16-7-4-12-27-16)21-23(18)15-8-10-22(11-9-15)19(25)26-13-14-5-2-1-3-6-14/h1-7,12,15H,8-11,13H2,(H,20,21,24). The lowest BCUT2D eigenvalue weighted by atomic mass is 10.1. The highest BCUT2D eigenvalue weighted by Crippen LogP contribution is 2.24. The molecule has 0 aliphatic carbocycles. The van der Waals surface area contributed by atoms with Gasteiger partial charge in [-0.25, -0.2) is 14.3 Å². The average Bonchev–Trinajstić information content (AvgIpc) is 3.37. The van der Waals surface area contributed by atoms with Crippen LogP contribution in [0.3, 0.4) is 0 Å². The van der Waals surface area contributed by atoms with Crippen LogP contribution >= 0.6 is 11.3 Å². The number of H-pyrrole nitrogens is 1. The van der Waals surface area contributed by atoms with Crippen LogP contribution in [0.1, 0.15) is 24.4 Å². The van der Waals surface area contributed by atoms with E-state index < -0.39 is 0 Å². The van der Waals surface area contributed by atoms with Crippen molar-refractivity contribution in [3.63, 3.8) is 0 Å². The highest BCUT2D eigenvalue weighted by molar-refractivity contribution is 7.13. The number of carbonyl (C=O) groups excluding carboxylic acids is 1. The molecular weight excluding hydrogens is 364 g/mol. The summed E-state index contributed by atoms with van der Waals surface area (Å²) in [5.74, 6) is 0.597. The highest BCUT2D eigenvalue weighted by Gasteiger charge is 2.27. The molecule has 1 saturated heterocycles. The summed E-state index contributed by atoms with van der Waals surface area (Å²) < 4.78 is 6.90. The maximum absolute atomic E-state index is 12.3. The van der Waals surface area contributed by atoms with Crippen molar-refractivity contribution in [1.82, 2.24) is 19.7 Å². The number of rotatable bonds is 4. The lowest BCUT2D eigenvalue weighted by molar-refractivity contribution is 0.0818. The first kappa shape index (κ1) is 17.5. The molecule has 0 bridgehead atoms. The third kappa shape index (κ3) is 3.95. The smallest absolute Gasteiger partial charge is 0.410 e. The second-order valence-electron chi connectivity index (χ2n) is 6.46. The number of amides is 1. The van der Waals surface area contributed by atoms with Crippen molar-refractivity contribution in [2.45, 2.75) is 25.5 Å². The van der Waals surface area contributed by atoms with Gasteiger partial charge in [-0.3, -0.25) is 4.98 Å². The molecule has 1 N–H and O–H groups in total. The van der Waals surface area contributed by atoms with Crippen LogP contribution in [0, 0.1) is 0 Å². The number of nitrogens with one attached hydrogen (secondary N) is 1. The summed E-state index contributed by atoms with van der Waals surface area (Å²) in [7, 11) is 0. The molecule has 2 aromatic heterocycles. The third-order valence-electron chi connectivity index (χ3n) is 4.67. The maximum atomic E-state index is 12.3. The van der Waals surface area contributed by atoms with Gasteiger partial charge in [-0.1, -0.05) is 36.4 Å². The summed E-state index contributed by atoms with van der Waals surface area (Å²) >= 11 is 1.54. The molecule has 3 heterocycles. The van der Waals surface area contributed by atoms with Crippen molar-refractivity contribution in [3.8, 4) is 10.7 Å². The summed E-state index contributed by atoms with van der Waals surface area (Å²) in [5, 5.41) is 6.40. The van der Waals surface area contributed by atoms with Crippen LogP contribution in [0.15, 0.2) is 52.6 Å². The first-order valence-corrected chi connectivity index (χ1v) is 9.77. The van der Waals surface area contributed by atoms with Crippen molar-refractivity contribution in [2.75, 3.05) is 13.1 Å². The molecule has 1 aromatic carbocycles. The maximum Gasteiger partial charge on any atom is 0.410 e. The van der Waals surface area contributed by atoms with E-state index in [1.807, 2.05) is 47.8 Å². The van der Waals surface area contributed by atoms with Gasteiger partial charge in [0.2, 0.25) is 0 Å². The Morgan fingerprint density at radius 3 is 2.67 bits per heavy atom. The molecule has 140 valence electrons. The monoisotopic (exact) mass is 384 g/mol. The largest absolute Gasteiger partial charge is 0.445 e. The van der Waals surface area contributed by atoms with Crippen molar-refractivity contribution < 1.29 is 9.53 Å². The number of hydrogen-bond donors (Lipinski definition) is 1. The number of hydrogen-bond acceptors (Lipinski definition) is 5. The van der Waals surface area contributed by atoms with Gasteiger partial charge in [-0.2, -0.15) is 0 Å². The first-order chi connectivity index (χ1) is 13.2. The van der Waals surface area contributed by atoms with Gasteiger partial charge in [0.05, 0.1) is 10.9 Å².